The van der Waals surface area contributed by atoms with Crippen LogP contribution in [0.15, 0.2) is 12.4 Å². The van der Waals surface area contributed by atoms with E-state index in [1.807, 2.05) is 0 Å². The average molecular weight is 448 g/mol. The lowest BCUT2D eigenvalue weighted by Crippen LogP contribution is -2.58. The highest BCUT2D eigenvalue weighted by molar-refractivity contribution is 5.81. The van der Waals surface area contributed by atoms with Gasteiger partial charge in [0.15, 0.2) is 5.82 Å². The number of hydrogen-bond donors (Lipinski definition) is 2. The largest absolute Gasteiger partial charge is 0.490 e. The van der Waals surface area contributed by atoms with E-state index in [9.17, 15) is 22.4 Å². The number of nitrogens with zero attached hydrogens (tertiary/aromatic N) is 3. The molecule has 1 amide bonds. The molecule has 2 N–H and O–H groups in total. The van der Waals surface area contributed by atoms with E-state index in [1.165, 1.54) is 12.4 Å². The number of carboxylic acids is 1. The monoisotopic (exact) mass is 448 g/mol. The standard InChI is InChI=1S/C17H23FN4O2.C2HF3O2/c18-13-9-19-16(20-10-13)22-6-3-17(4-7-22)5-8-24-11-14(17)21-15(23)12-1-2-12;3-2(4,5)1(6)7/h9-10,12,14H,1-8,11H2,(H,21,23);(H,6,7). The molecule has 3 heterocycles. The minimum atomic E-state index is -5.08. The zero-order chi connectivity index (χ0) is 22.6. The lowest BCUT2D eigenvalue weighted by atomic mass is 9.69. The number of nitrogens with one attached hydrogen (secondary N) is 1. The van der Waals surface area contributed by atoms with E-state index in [0.29, 0.717) is 12.6 Å². The van der Waals surface area contributed by atoms with Gasteiger partial charge in [-0.3, -0.25) is 4.79 Å². The van der Waals surface area contributed by atoms with Crippen LogP contribution < -0.4 is 10.2 Å². The Bertz CT molecular complexity index is 778. The highest BCUT2D eigenvalue weighted by atomic mass is 19.4. The smallest absolute Gasteiger partial charge is 0.475 e. The Kier molecular flexibility index (Phi) is 6.97. The van der Waals surface area contributed by atoms with Gasteiger partial charge in [0.1, 0.15) is 0 Å². The van der Waals surface area contributed by atoms with Gasteiger partial charge in [0.2, 0.25) is 11.9 Å². The van der Waals surface area contributed by atoms with E-state index in [1.54, 1.807) is 0 Å². The summed E-state index contributed by atoms with van der Waals surface area (Å²) in [5.74, 6) is -2.19. The molecule has 1 saturated carbocycles. The fraction of sp³-hybridized carbons (Fsp3) is 0.684. The Morgan fingerprint density at radius 3 is 2.26 bits per heavy atom. The molecule has 1 aromatic heterocycles. The van der Waals surface area contributed by atoms with Gasteiger partial charge in [0.25, 0.3) is 0 Å². The molecule has 1 aliphatic carbocycles. The Hall–Kier alpha value is -2.50. The number of carboxylic acid groups (broad SMARTS) is 1. The van der Waals surface area contributed by atoms with Crippen LogP contribution in [0.3, 0.4) is 0 Å². The van der Waals surface area contributed by atoms with Gasteiger partial charge in [-0.2, -0.15) is 13.2 Å². The first kappa shape index (κ1) is 23.2. The fourth-order valence-electron chi connectivity index (χ4n) is 3.88. The van der Waals surface area contributed by atoms with Gasteiger partial charge in [0.05, 0.1) is 25.0 Å². The molecule has 1 spiro atoms. The van der Waals surface area contributed by atoms with Gasteiger partial charge in [-0.1, -0.05) is 0 Å². The molecule has 31 heavy (non-hydrogen) atoms. The number of carbonyl (C=O) groups excluding carboxylic acids is 1. The molecule has 2 aliphatic heterocycles. The molecule has 3 fully saturated rings. The minimum Gasteiger partial charge on any atom is -0.475 e. The molecule has 1 aromatic rings. The maximum absolute atomic E-state index is 13.0. The molecule has 8 nitrogen and oxygen atoms in total. The van der Waals surface area contributed by atoms with Crippen molar-refractivity contribution >= 4 is 17.8 Å². The number of carbonyl (C=O) groups is 2. The molecule has 1 atom stereocenters. The van der Waals surface area contributed by atoms with Crippen molar-refractivity contribution in [2.24, 2.45) is 11.3 Å². The van der Waals surface area contributed by atoms with Gasteiger partial charge in [-0.25, -0.2) is 19.2 Å². The van der Waals surface area contributed by atoms with Gasteiger partial charge in [0, 0.05) is 25.6 Å². The minimum absolute atomic E-state index is 0.0932. The Morgan fingerprint density at radius 2 is 1.74 bits per heavy atom. The summed E-state index contributed by atoms with van der Waals surface area (Å²) >= 11 is 0. The van der Waals surface area contributed by atoms with Crippen LogP contribution >= 0.6 is 0 Å². The van der Waals surface area contributed by atoms with Gasteiger partial charge < -0.3 is 20.1 Å². The first-order chi connectivity index (χ1) is 14.6. The molecular weight excluding hydrogens is 424 g/mol. The third-order valence-electron chi connectivity index (χ3n) is 5.92. The number of ether oxygens (including phenoxy) is 1. The number of aromatic nitrogens is 2. The number of anilines is 1. The van der Waals surface area contributed by atoms with Crippen LogP contribution in [0.25, 0.3) is 0 Å². The van der Waals surface area contributed by atoms with Gasteiger partial charge in [-0.15, -0.1) is 0 Å². The summed E-state index contributed by atoms with van der Waals surface area (Å²) in [4.78, 5) is 31.3. The number of alkyl halides is 3. The lowest BCUT2D eigenvalue weighted by molar-refractivity contribution is -0.192. The zero-order valence-electron chi connectivity index (χ0n) is 16.7. The third kappa shape index (κ3) is 6.02. The first-order valence-electron chi connectivity index (χ1n) is 10.0. The van der Waals surface area contributed by atoms with E-state index in [-0.39, 0.29) is 23.3 Å². The highest BCUT2D eigenvalue weighted by Crippen LogP contribution is 2.42. The van der Waals surface area contributed by atoms with Crippen LogP contribution in [0.1, 0.15) is 32.1 Å². The van der Waals surface area contributed by atoms with Crippen molar-refractivity contribution in [2.75, 3.05) is 31.2 Å². The normalized spacial score (nSPS) is 23.0. The molecule has 1 unspecified atom stereocenters. The van der Waals surface area contributed by atoms with Crippen LogP contribution in [0.5, 0.6) is 0 Å². The maximum Gasteiger partial charge on any atom is 0.490 e. The van der Waals surface area contributed by atoms with Crippen LogP contribution in [-0.4, -0.2) is 65.5 Å². The molecular formula is C19H24F4N4O4. The third-order valence-corrected chi connectivity index (χ3v) is 5.92. The van der Waals surface area contributed by atoms with E-state index in [0.717, 1.165) is 51.8 Å². The van der Waals surface area contributed by atoms with Crippen molar-refractivity contribution in [3.63, 3.8) is 0 Å². The van der Waals surface area contributed by atoms with Crippen molar-refractivity contribution in [1.82, 2.24) is 15.3 Å². The molecule has 3 aliphatic rings. The van der Waals surface area contributed by atoms with Crippen molar-refractivity contribution in [3.8, 4) is 0 Å². The lowest BCUT2D eigenvalue weighted by Gasteiger charge is -2.49. The summed E-state index contributed by atoms with van der Waals surface area (Å²) in [5.41, 5.74) is 0.0966. The van der Waals surface area contributed by atoms with Crippen molar-refractivity contribution in [2.45, 2.75) is 44.3 Å². The predicted octanol–water partition coefficient (Wildman–Crippen LogP) is 2.15. The number of halogens is 4. The second-order valence-electron chi connectivity index (χ2n) is 8.01. The molecule has 0 radical (unpaired) electrons. The number of rotatable bonds is 3. The number of amides is 1. The first-order valence-corrected chi connectivity index (χ1v) is 10.0. The number of hydrogen-bond acceptors (Lipinski definition) is 6. The molecule has 172 valence electrons. The molecule has 4 rings (SSSR count). The average Bonchev–Trinajstić information content (AvgIpc) is 3.56. The quantitative estimate of drug-likeness (QED) is 0.683. The Balaban J connectivity index is 0.000000339. The molecule has 0 aromatic carbocycles. The van der Waals surface area contributed by atoms with Gasteiger partial charge >= 0.3 is 12.1 Å². The van der Waals surface area contributed by atoms with Crippen LogP contribution in [0.4, 0.5) is 23.5 Å². The maximum atomic E-state index is 13.0. The van der Waals surface area contributed by atoms with Crippen molar-refractivity contribution in [1.29, 1.82) is 0 Å². The summed E-state index contributed by atoms with van der Waals surface area (Å²) in [6.45, 7) is 3.00. The summed E-state index contributed by atoms with van der Waals surface area (Å²) in [6, 6.07) is 0.0932. The zero-order valence-corrected chi connectivity index (χ0v) is 16.7. The molecule has 0 bridgehead atoms. The summed E-state index contributed by atoms with van der Waals surface area (Å²) in [7, 11) is 0. The van der Waals surface area contributed by atoms with E-state index in [4.69, 9.17) is 14.6 Å². The topological polar surface area (TPSA) is 105 Å². The second kappa shape index (κ2) is 9.33. The van der Waals surface area contributed by atoms with Crippen molar-refractivity contribution in [3.05, 3.63) is 18.2 Å². The fourth-order valence-corrected chi connectivity index (χ4v) is 3.88. The van der Waals surface area contributed by atoms with E-state index < -0.39 is 18.0 Å². The molecule has 12 heteroatoms. The Morgan fingerprint density at radius 1 is 1.16 bits per heavy atom. The SMILES string of the molecule is O=C(NC1COCCC12CCN(c1ncc(F)cn1)CC2)C1CC1.O=C(O)C(F)(F)F. The molecule has 2 saturated heterocycles. The van der Waals surface area contributed by atoms with Crippen molar-refractivity contribution < 1.29 is 37.0 Å². The van der Waals surface area contributed by atoms with E-state index in [2.05, 4.69) is 20.2 Å². The van der Waals surface area contributed by atoms with Crippen LogP contribution in [0.2, 0.25) is 0 Å². The number of aliphatic carboxylic acids is 1. The Labute approximate surface area is 176 Å². The highest BCUT2D eigenvalue weighted by Gasteiger charge is 2.45. The number of piperidine rings is 1. The summed E-state index contributed by atoms with van der Waals surface area (Å²) in [5, 5.41) is 10.4. The van der Waals surface area contributed by atoms with Gasteiger partial charge in [-0.05, 0) is 37.5 Å². The summed E-state index contributed by atoms with van der Waals surface area (Å²) < 4.78 is 50.4. The summed E-state index contributed by atoms with van der Waals surface area (Å²) in [6.07, 6.45) is 2.27. The second-order valence-corrected chi connectivity index (χ2v) is 8.01. The van der Waals surface area contributed by atoms with Crippen LogP contribution in [-0.2, 0) is 14.3 Å². The van der Waals surface area contributed by atoms with E-state index >= 15 is 0 Å². The predicted molar refractivity (Wildman–Crippen MR) is 99.7 cm³/mol. The van der Waals surface area contributed by atoms with Crippen LogP contribution in [0, 0.1) is 17.2 Å².